The number of hydrogen-bond acceptors (Lipinski definition) is 8. The van der Waals surface area contributed by atoms with Crippen LogP contribution in [0.25, 0.3) is 0 Å². The van der Waals surface area contributed by atoms with Gasteiger partial charge >= 0.3 is 5.97 Å². The van der Waals surface area contributed by atoms with E-state index in [0.717, 1.165) is 17.7 Å². The van der Waals surface area contributed by atoms with E-state index in [1.807, 2.05) is 32.9 Å². The van der Waals surface area contributed by atoms with E-state index in [9.17, 15) is 9.59 Å². The van der Waals surface area contributed by atoms with Crippen LogP contribution >= 0.6 is 0 Å². The van der Waals surface area contributed by atoms with Gasteiger partial charge < -0.3 is 33.9 Å². The van der Waals surface area contributed by atoms with Gasteiger partial charge in [0.1, 0.15) is 11.6 Å². The molecule has 0 saturated carbocycles. The van der Waals surface area contributed by atoms with E-state index in [-0.39, 0.29) is 60.9 Å². The number of hydrogen-bond donors (Lipinski definition) is 2. The number of carbonyl (C=O) groups is 2. The third kappa shape index (κ3) is 6.30. The second kappa shape index (κ2) is 12.6. The highest BCUT2D eigenvalue weighted by Gasteiger charge is 2.34. The zero-order valence-electron chi connectivity index (χ0n) is 25.1. The van der Waals surface area contributed by atoms with Crippen molar-refractivity contribution < 1.29 is 38.0 Å². The number of methoxy groups -OCH3 is 3. The molecule has 1 saturated heterocycles. The number of Topliss-reactive ketones (excluding diaryl/α,β-unsaturated/α-hetero) is 1. The molecule has 228 valence electrons. The molecular weight excluding hydrogens is 545 g/mol. The predicted molar refractivity (Wildman–Crippen MR) is 156 cm³/mol. The van der Waals surface area contributed by atoms with E-state index in [1.54, 1.807) is 18.1 Å². The number of aliphatic carboxylic acids is 1. The average molecular weight is 586 g/mol. The van der Waals surface area contributed by atoms with Gasteiger partial charge in [0.15, 0.2) is 23.1 Å². The van der Waals surface area contributed by atoms with E-state index in [2.05, 4.69) is 4.90 Å². The minimum Gasteiger partial charge on any atom is -0.493 e. The van der Waals surface area contributed by atoms with Crippen molar-refractivity contribution in [3.8, 4) is 17.2 Å². The van der Waals surface area contributed by atoms with Crippen LogP contribution in [0.5, 0.6) is 17.2 Å². The van der Waals surface area contributed by atoms with Crippen molar-refractivity contribution in [2.45, 2.75) is 58.1 Å². The molecule has 1 atom stereocenters. The Hall–Kier alpha value is -3.86. The summed E-state index contributed by atoms with van der Waals surface area (Å²) in [6.45, 7) is 7.70. The second-order valence-corrected chi connectivity index (χ2v) is 11.6. The van der Waals surface area contributed by atoms with E-state index >= 15 is 4.39 Å². The van der Waals surface area contributed by atoms with Crippen molar-refractivity contribution in [2.75, 3.05) is 52.5 Å². The first-order valence-corrected chi connectivity index (χ1v) is 14.0. The smallest absolute Gasteiger partial charge is 0.303 e. The molecule has 0 aliphatic carbocycles. The number of benzene rings is 2. The normalized spacial score (nSPS) is 16.5. The first-order valence-electron chi connectivity index (χ1n) is 14.0. The van der Waals surface area contributed by atoms with E-state index in [0.29, 0.717) is 36.4 Å². The SMILES string of the molecule is COc1cc2c(c(F)c1OC)C(=N)N(CC(=O)c1cc(N3CCC(OC)C3)c(OCCCC(=O)O)c(C(C)(C)C)c1)C2. The largest absolute Gasteiger partial charge is 0.493 e. The first-order chi connectivity index (χ1) is 19.9. The van der Waals surface area contributed by atoms with E-state index in [1.165, 1.54) is 14.2 Å². The number of carbonyl (C=O) groups excluding carboxylic acids is 1. The number of ketones is 1. The van der Waals surface area contributed by atoms with E-state index < -0.39 is 17.2 Å². The van der Waals surface area contributed by atoms with Crippen molar-refractivity contribution >= 4 is 23.3 Å². The lowest BCUT2D eigenvalue weighted by molar-refractivity contribution is -0.137. The molecule has 42 heavy (non-hydrogen) atoms. The third-order valence-electron chi connectivity index (χ3n) is 7.74. The summed E-state index contributed by atoms with van der Waals surface area (Å²) in [5.74, 6) is -1.10. The van der Waals surface area contributed by atoms with Gasteiger partial charge in [-0.05, 0) is 42.0 Å². The molecule has 2 N–H and O–H groups in total. The van der Waals surface area contributed by atoms with Crippen LogP contribution in [0.1, 0.15) is 67.1 Å². The van der Waals surface area contributed by atoms with E-state index in [4.69, 9.17) is 29.5 Å². The van der Waals surface area contributed by atoms with Gasteiger partial charge in [-0.2, -0.15) is 0 Å². The maximum Gasteiger partial charge on any atom is 0.303 e. The van der Waals surface area contributed by atoms with Crippen LogP contribution in [0, 0.1) is 11.2 Å². The van der Waals surface area contributed by atoms with Crippen LogP contribution in [0.3, 0.4) is 0 Å². The second-order valence-electron chi connectivity index (χ2n) is 11.6. The fraction of sp³-hybridized carbons (Fsp3) is 0.516. The number of amidine groups is 1. The molecule has 1 unspecified atom stereocenters. The highest BCUT2D eigenvalue weighted by Crippen LogP contribution is 2.42. The van der Waals surface area contributed by atoms with Gasteiger partial charge in [-0.25, -0.2) is 4.39 Å². The van der Waals surface area contributed by atoms with Crippen LogP contribution < -0.4 is 19.1 Å². The Balaban J connectivity index is 1.68. The number of ether oxygens (including phenoxy) is 4. The Kier molecular flexibility index (Phi) is 9.30. The maximum atomic E-state index is 15.3. The summed E-state index contributed by atoms with van der Waals surface area (Å²) in [4.78, 5) is 28.5. The van der Waals surface area contributed by atoms with Crippen molar-refractivity contribution in [3.63, 3.8) is 0 Å². The molecule has 0 amide bonds. The molecule has 2 aliphatic heterocycles. The zero-order valence-corrected chi connectivity index (χ0v) is 25.1. The molecule has 11 heteroatoms. The van der Waals surface area contributed by atoms with Gasteiger partial charge in [-0.15, -0.1) is 0 Å². The van der Waals surface area contributed by atoms with Crippen molar-refractivity contribution in [1.82, 2.24) is 4.90 Å². The third-order valence-corrected chi connectivity index (χ3v) is 7.74. The lowest BCUT2D eigenvalue weighted by Gasteiger charge is -2.30. The quantitative estimate of drug-likeness (QED) is 0.271. The molecule has 0 bridgehead atoms. The van der Waals surface area contributed by atoms with Crippen molar-refractivity contribution in [1.29, 1.82) is 5.41 Å². The van der Waals surface area contributed by atoms with Crippen LogP contribution in [0.15, 0.2) is 18.2 Å². The number of carboxylic acids is 1. The van der Waals surface area contributed by atoms with Crippen LogP contribution in [0.2, 0.25) is 0 Å². The number of nitrogens with one attached hydrogen (secondary N) is 1. The Morgan fingerprint density at radius 1 is 1.12 bits per heavy atom. The lowest BCUT2D eigenvalue weighted by Crippen LogP contribution is -2.31. The standard InChI is InChI=1S/C31H40FN3O7/c1-31(2,3)21-12-18(13-22(34-10-9-20(16-34)39-4)28(21)42-11-7-8-25(37)38)23(36)17-35-15-19-14-24(40-5)29(41-6)27(32)26(19)30(35)33/h12-14,20,33H,7-11,15-17H2,1-6H3,(H,37,38). The van der Waals surface area contributed by atoms with Crippen molar-refractivity contribution in [2.24, 2.45) is 0 Å². The average Bonchev–Trinajstić information content (AvgIpc) is 3.54. The first kappa shape index (κ1) is 31.1. The fourth-order valence-electron chi connectivity index (χ4n) is 5.48. The predicted octanol–water partition coefficient (Wildman–Crippen LogP) is 4.63. The summed E-state index contributed by atoms with van der Waals surface area (Å²) in [6.07, 6.45) is 1.20. The number of nitrogens with zero attached hydrogens (tertiary/aromatic N) is 2. The van der Waals surface area contributed by atoms with Crippen molar-refractivity contribution in [3.05, 3.63) is 46.3 Å². The summed E-state index contributed by atoms with van der Waals surface area (Å²) >= 11 is 0. The lowest BCUT2D eigenvalue weighted by atomic mass is 9.84. The van der Waals surface area contributed by atoms with Gasteiger partial charge in [0, 0.05) is 44.3 Å². The van der Waals surface area contributed by atoms with Crippen LogP contribution in [0.4, 0.5) is 10.1 Å². The number of anilines is 1. The number of fused-ring (bicyclic) bond motifs is 1. The summed E-state index contributed by atoms with van der Waals surface area (Å²) in [5.41, 5.74) is 2.27. The molecule has 2 heterocycles. The minimum absolute atomic E-state index is 0.00522. The van der Waals surface area contributed by atoms with Crippen LogP contribution in [-0.2, 0) is 21.5 Å². The summed E-state index contributed by atoms with van der Waals surface area (Å²) < 4.78 is 37.5. The van der Waals surface area contributed by atoms with Crippen LogP contribution in [-0.4, -0.2) is 81.3 Å². The van der Waals surface area contributed by atoms with Gasteiger partial charge in [-0.3, -0.25) is 15.0 Å². The van der Waals surface area contributed by atoms with Gasteiger partial charge in [0.05, 0.1) is 44.7 Å². The molecule has 0 radical (unpaired) electrons. The maximum absolute atomic E-state index is 15.3. The Morgan fingerprint density at radius 3 is 2.45 bits per heavy atom. The Bertz CT molecular complexity index is 1370. The van der Waals surface area contributed by atoms with Gasteiger partial charge in [-0.1, -0.05) is 20.8 Å². The fourth-order valence-corrected chi connectivity index (χ4v) is 5.48. The number of carboxylic acid groups (broad SMARTS) is 1. The molecule has 4 rings (SSSR count). The zero-order chi connectivity index (χ0) is 30.8. The molecule has 1 fully saturated rings. The highest BCUT2D eigenvalue weighted by molar-refractivity contribution is 6.06. The summed E-state index contributed by atoms with van der Waals surface area (Å²) in [5, 5.41) is 17.7. The monoisotopic (exact) mass is 585 g/mol. The molecule has 10 nitrogen and oxygen atoms in total. The Labute approximate surface area is 245 Å². The topological polar surface area (TPSA) is 122 Å². The summed E-state index contributed by atoms with van der Waals surface area (Å²) in [7, 11) is 4.44. The number of halogens is 1. The highest BCUT2D eigenvalue weighted by atomic mass is 19.1. The summed E-state index contributed by atoms with van der Waals surface area (Å²) in [6, 6.07) is 5.27. The van der Waals surface area contributed by atoms with Gasteiger partial charge in [0.25, 0.3) is 0 Å². The molecule has 0 spiro atoms. The minimum atomic E-state index is -0.885. The Morgan fingerprint density at radius 2 is 1.86 bits per heavy atom. The molecule has 2 aromatic carbocycles. The molecule has 2 aliphatic rings. The van der Waals surface area contributed by atoms with Gasteiger partial charge in [0.2, 0.25) is 0 Å². The molecule has 0 aromatic heterocycles. The molecular formula is C31H40FN3O7. The molecule has 2 aromatic rings. The number of rotatable bonds is 12.